The van der Waals surface area contributed by atoms with Crippen LogP contribution in [0.1, 0.15) is 17.3 Å². The van der Waals surface area contributed by atoms with Crippen molar-refractivity contribution in [1.29, 1.82) is 0 Å². The number of rotatable bonds is 8. The maximum atomic E-state index is 12.5. The van der Waals surface area contributed by atoms with Gasteiger partial charge in [0.25, 0.3) is 5.91 Å². The molecule has 5 nitrogen and oxygen atoms in total. The second-order valence-corrected chi connectivity index (χ2v) is 4.70. The third-order valence-electron chi connectivity index (χ3n) is 3.18. The molecule has 0 aliphatic carbocycles. The average Bonchev–Trinajstić information content (AvgIpc) is 2.59. The van der Waals surface area contributed by atoms with Gasteiger partial charge in [-0.3, -0.25) is 4.79 Å². The molecule has 1 amide bonds. The number of methoxy groups -OCH3 is 1. The minimum Gasteiger partial charge on any atom is -0.495 e. The molecule has 0 aliphatic heterocycles. The Hall–Kier alpha value is -2.53. The van der Waals surface area contributed by atoms with Crippen molar-refractivity contribution in [2.75, 3.05) is 32.2 Å². The summed E-state index contributed by atoms with van der Waals surface area (Å²) in [6, 6.07) is 14.4. The first kappa shape index (κ1) is 16.8. The van der Waals surface area contributed by atoms with Gasteiger partial charge in [-0.25, -0.2) is 0 Å². The van der Waals surface area contributed by atoms with Crippen molar-refractivity contribution in [3.63, 3.8) is 0 Å². The highest BCUT2D eigenvalue weighted by Gasteiger charge is 2.14. The Balaban J connectivity index is 2.10. The SMILES string of the molecule is CCOCCOc1ccccc1C(=O)Nc1ccccc1OC. The third kappa shape index (κ3) is 4.72. The lowest BCUT2D eigenvalue weighted by Gasteiger charge is -2.13. The molecule has 5 heteroatoms. The predicted octanol–water partition coefficient (Wildman–Crippen LogP) is 3.36. The van der Waals surface area contributed by atoms with Crippen LogP contribution in [0, 0.1) is 0 Å². The number of anilines is 1. The molecule has 0 aliphatic rings. The van der Waals surface area contributed by atoms with Crippen LogP contribution in [0.4, 0.5) is 5.69 Å². The number of carbonyl (C=O) groups is 1. The van der Waals surface area contributed by atoms with Crippen LogP contribution in [-0.4, -0.2) is 32.8 Å². The number of benzene rings is 2. The van der Waals surface area contributed by atoms with Gasteiger partial charge in [0.05, 0.1) is 25.0 Å². The zero-order chi connectivity index (χ0) is 16.5. The lowest BCUT2D eigenvalue weighted by atomic mass is 10.2. The molecular formula is C18H21NO4. The molecule has 2 aromatic carbocycles. The predicted molar refractivity (Wildman–Crippen MR) is 89.4 cm³/mol. The van der Waals surface area contributed by atoms with Crippen molar-refractivity contribution in [3.8, 4) is 11.5 Å². The molecule has 2 rings (SSSR count). The summed E-state index contributed by atoms with van der Waals surface area (Å²) >= 11 is 0. The Bertz CT molecular complexity index is 642. The van der Waals surface area contributed by atoms with E-state index < -0.39 is 0 Å². The van der Waals surface area contributed by atoms with E-state index in [1.165, 1.54) is 0 Å². The molecule has 0 spiro atoms. The fraction of sp³-hybridized carbons (Fsp3) is 0.278. The Morgan fingerprint density at radius 1 is 1.00 bits per heavy atom. The van der Waals surface area contributed by atoms with Crippen LogP contribution in [0.3, 0.4) is 0 Å². The summed E-state index contributed by atoms with van der Waals surface area (Å²) < 4.78 is 16.1. The Labute approximate surface area is 136 Å². The highest BCUT2D eigenvalue weighted by atomic mass is 16.5. The molecule has 0 atom stereocenters. The molecule has 0 fully saturated rings. The van der Waals surface area contributed by atoms with Crippen molar-refractivity contribution in [1.82, 2.24) is 0 Å². The first-order chi connectivity index (χ1) is 11.3. The Morgan fingerprint density at radius 2 is 1.70 bits per heavy atom. The van der Waals surface area contributed by atoms with Crippen LogP contribution < -0.4 is 14.8 Å². The minimum absolute atomic E-state index is 0.249. The van der Waals surface area contributed by atoms with E-state index in [0.29, 0.717) is 42.6 Å². The van der Waals surface area contributed by atoms with E-state index in [1.54, 1.807) is 37.4 Å². The molecule has 0 radical (unpaired) electrons. The fourth-order valence-corrected chi connectivity index (χ4v) is 2.07. The maximum Gasteiger partial charge on any atom is 0.259 e. The van der Waals surface area contributed by atoms with E-state index >= 15 is 0 Å². The summed E-state index contributed by atoms with van der Waals surface area (Å²) in [6.07, 6.45) is 0. The normalized spacial score (nSPS) is 10.2. The average molecular weight is 315 g/mol. The molecule has 0 aromatic heterocycles. The quantitative estimate of drug-likeness (QED) is 0.759. The fourth-order valence-electron chi connectivity index (χ4n) is 2.07. The minimum atomic E-state index is -0.249. The van der Waals surface area contributed by atoms with Crippen molar-refractivity contribution in [2.45, 2.75) is 6.92 Å². The first-order valence-electron chi connectivity index (χ1n) is 7.50. The molecule has 122 valence electrons. The van der Waals surface area contributed by atoms with E-state index in [4.69, 9.17) is 14.2 Å². The highest BCUT2D eigenvalue weighted by molar-refractivity contribution is 6.06. The van der Waals surface area contributed by atoms with Crippen LogP contribution in [0.15, 0.2) is 48.5 Å². The summed E-state index contributed by atoms with van der Waals surface area (Å²) in [5.74, 6) is 0.886. The van der Waals surface area contributed by atoms with Crippen molar-refractivity contribution < 1.29 is 19.0 Å². The zero-order valence-corrected chi connectivity index (χ0v) is 13.4. The highest BCUT2D eigenvalue weighted by Crippen LogP contribution is 2.25. The van der Waals surface area contributed by atoms with Crippen molar-refractivity contribution in [3.05, 3.63) is 54.1 Å². The van der Waals surface area contributed by atoms with Gasteiger partial charge >= 0.3 is 0 Å². The lowest BCUT2D eigenvalue weighted by molar-refractivity contribution is 0.0998. The summed E-state index contributed by atoms with van der Waals surface area (Å²) in [7, 11) is 1.57. The molecule has 0 saturated heterocycles. The zero-order valence-electron chi connectivity index (χ0n) is 13.4. The first-order valence-corrected chi connectivity index (χ1v) is 7.50. The summed E-state index contributed by atoms with van der Waals surface area (Å²) in [6.45, 7) is 3.44. The van der Waals surface area contributed by atoms with E-state index in [-0.39, 0.29) is 5.91 Å². The second-order valence-electron chi connectivity index (χ2n) is 4.70. The molecule has 0 unspecified atom stereocenters. The number of nitrogens with one attached hydrogen (secondary N) is 1. The number of carbonyl (C=O) groups excluding carboxylic acids is 1. The van der Waals surface area contributed by atoms with Gasteiger partial charge in [-0.05, 0) is 31.2 Å². The number of hydrogen-bond acceptors (Lipinski definition) is 4. The van der Waals surface area contributed by atoms with E-state index in [9.17, 15) is 4.79 Å². The second kappa shape index (κ2) is 8.80. The largest absolute Gasteiger partial charge is 0.495 e. The number of amides is 1. The molecule has 0 bridgehead atoms. The van der Waals surface area contributed by atoms with E-state index in [2.05, 4.69) is 5.32 Å². The van der Waals surface area contributed by atoms with Gasteiger partial charge in [0.1, 0.15) is 18.1 Å². The molecule has 2 aromatic rings. The maximum absolute atomic E-state index is 12.5. The number of hydrogen-bond donors (Lipinski definition) is 1. The van der Waals surface area contributed by atoms with Gasteiger partial charge in [-0.1, -0.05) is 24.3 Å². The molecule has 23 heavy (non-hydrogen) atoms. The van der Waals surface area contributed by atoms with E-state index in [1.807, 2.05) is 25.1 Å². The van der Waals surface area contributed by atoms with Gasteiger partial charge in [0, 0.05) is 6.61 Å². The van der Waals surface area contributed by atoms with Gasteiger partial charge in [-0.15, -0.1) is 0 Å². The van der Waals surface area contributed by atoms with Crippen LogP contribution >= 0.6 is 0 Å². The summed E-state index contributed by atoms with van der Waals surface area (Å²) in [5.41, 5.74) is 1.08. The third-order valence-corrected chi connectivity index (χ3v) is 3.18. The van der Waals surface area contributed by atoms with Crippen LogP contribution in [0.2, 0.25) is 0 Å². The van der Waals surface area contributed by atoms with E-state index in [0.717, 1.165) is 0 Å². The molecule has 0 heterocycles. The molecule has 0 saturated carbocycles. The van der Waals surface area contributed by atoms with Crippen LogP contribution in [-0.2, 0) is 4.74 Å². The summed E-state index contributed by atoms with van der Waals surface area (Å²) in [5, 5.41) is 2.84. The summed E-state index contributed by atoms with van der Waals surface area (Å²) in [4.78, 5) is 12.5. The lowest BCUT2D eigenvalue weighted by Crippen LogP contribution is -2.15. The van der Waals surface area contributed by atoms with Crippen LogP contribution in [0.25, 0.3) is 0 Å². The Kier molecular flexibility index (Phi) is 6.44. The molecular weight excluding hydrogens is 294 g/mol. The van der Waals surface area contributed by atoms with Crippen LogP contribution in [0.5, 0.6) is 11.5 Å². The standard InChI is InChI=1S/C18H21NO4/c1-3-22-12-13-23-16-10-6-4-8-14(16)18(20)19-15-9-5-7-11-17(15)21-2/h4-11H,3,12-13H2,1-2H3,(H,19,20). The van der Waals surface area contributed by atoms with Gasteiger partial charge in [0.15, 0.2) is 0 Å². The topological polar surface area (TPSA) is 56.8 Å². The van der Waals surface area contributed by atoms with Gasteiger partial charge < -0.3 is 19.5 Å². The Morgan fingerprint density at radius 3 is 2.43 bits per heavy atom. The number of para-hydroxylation sites is 3. The monoisotopic (exact) mass is 315 g/mol. The van der Waals surface area contributed by atoms with Gasteiger partial charge in [-0.2, -0.15) is 0 Å². The number of ether oxygens (including phenoxy) is 3. The smallest absolute Gasteiger partial charge is 0.259 e. The van der Waals surface area contributed by atoms with Crippen molar-refractivity contribution >= 4 is 11.6 Å². The molecule has 1 N–H and O–H groups in total. The van der Waals surface area contributed by atoms with Gasteiger partial charge in [0.2, 0.25) is 0 Å². The van der Waals surface area contributed by atoms with Crippen molar-refractivity contribution in [2.24, 2.45) is 0 Å².